The van der Waals surface area contributed by atoms with Crippen molar-refractivity contribution in [2.24, 2.45) is 11.7 Å². The zero-order chi connectivity index (χ0) is 20.4. The van der Waals surface area contributed by atoms with E-state index in [2.05, 4.69) is 5.32 Å². The summed E-state index contributed by atoms with van der Waals surface area (Å²) in [5.74, 6) is -1.62. The Balaban J connectivity index is 2.90. The van der Waals surface area contributed by atoms with Gasteiger partial charge in [0.1, 0.15) is 24.9 Å². The van der Waals surface area contributed by atoms with Gasteiger partial charge in [-0.25, -0.2) is 0 Å². The summed E-state index contributed by atoms with van der Waals surface area (Å²) in [4.78, 5) is 34.3. The van der Waals surface area contributed by atoms with Crippen molar-refractivity contribution < 1.29 is 38.1 Å². The van der Waals surface area contributed by atoms with Gasteiger partial charge in [-0.2, -0.15) is 0 Å². The van der Waals surface area contributed by atoms with Crippen LogP contribution in [0.25, 0.3) is 0 Å². The minimum atomic E-state index is -0.906. The Kier molecular flexibility index (Phi) is 10.2. The molecule has 0 bridgehead atoms. The van der Waals surface area contributed by atoms with Crippen LogP contribution in [0.3, 0.4) is 0 Å². The molecule has 156 valence electrons. The van der Waals surface area contributed by atoms with Crippen molar-refractivity contribution in [3.63, 3.8) is 0 Å². The van der Waals surface area contributed by atoms with Crippen molar-refractivity contribution >= 4 is 17.8 Å². The molecule has 1 fully saturated rings. The summed E-state index contributed by atoms with van der Waals surface area (Å²) in [6.07, 6.45) is -2.19. The maximum absolute atomic E-state index is 11.6. The maximum Gasteiger partial charge on any atom is 0.302 e. The fraction of sp³-hybridized carbons (Fsp3) is 0.824. The van der Waals surface area contributed by atoms with Crippen molar-refractivity contribution in [2.75, 3.05) is 33.0 Å². The first kappa shape index (κ1) is 23.3. The van der Waals surface area contributed by atoms with Crippen molar-refractivity contribution in [1.29, 1.82) is 0 Å². The topological polar surface area (TPSA) is 135 Å². The molecule has 27 heavy (non-hydrogen) atoms. The smallest absolute Gasteiger partial charge is 0.302 e. The zero-order valence-corrected chi connectivity index (χ0v) is 16.3. The summed E-state index contributed by atoms with van der Waals surface area (Å²) < 4.78 is 27.3. The number of rotatable bonds is 10. The Bertz CT molecular complexity index is 501. The lowest BCUT2D eigenvalue weighted by atomic mass is 9.89. The first-order valence-corrected chi connectivity index (χ1v) is 8.88. The summed E-state index contributed by atoms with van der Waals surface area (Å²) >= 11 is 0. The monoisotopic (exact) mass is 390 g/mol. The van der Waals surface area contributed by atoms with E-state index in [1.54, 1.807) is 6.92 Å². The van der Waals surface area contributed by atoms with Crippen LogP contribution < -0.4 is 11.1 Å². The molecule has 1 saturated heterocycles. The predicted molar refractivity (Wildman–Crippen MR) is 93.4 cm³/mol. The molecule has 0 aromatic rings. The van der Waals surface area contributed by atoms with Crippen molar-refractivity contribution in [3.05, 3.63) is 0 Å². The fourth-order valence-corrected chi connectivity index (χ4v) is 2.77. The van der Waals surface area contributed by atoms with Gasteiger partial charge < -0.3 is 34.7 Å². The van der Waals surface area contributed by atoms with Gasteiger partial charge in [0, 0.05) is 33.2 Å². The van der Waals surface area contributed by atoms with E-state index < -0.39 is 36.5 Å². The molecule has 3 N–H and O–H groups in total. The van der Waals surface area contributed by atoms with Crippen LogP contribution in [0.4, 0.5) is 0 Å². The van der Waals surface area contributed by atoms with Gasteiger partial charge in [0.15, 0.2) is 6.29 Å². The van der Waals surface area contributed by atoms with Crippen LogP contribution in [0.15, 0.2) is 0 Å². The first-order chi connectivity index (χ1) is 12.8. The molecule has 10 nitrogen and oxygen atoms in total. The molecule has 1 rings (SSSR count). The summed E-state index contributed by atoms with van der Waals surface area (Å²) in [5.41, 5.74) is 5.36. The molecule has 0 spiro atoms. The van der Waals surface area contributed by atoms with Gasteiger partial charge in [0.25, 0.3) is 0 Å². The molecule has 5 atom stereocenters. The third kappa shape index (κ3) is 8.21. The predicted octanol–water partition coefficient (Wildman–Crippen LogP) is -0.661. The molecule has 0 aliphatic carbocycles. The maximum atomic E-state index is 11.6. The van der Waals surface area contributed by atoms with Crippen molar-refractivity contribution in [2.45, 2.75) is 52.2 Å². The minimum absolute atomic E-state index is 0.0232. The van der Waals surface area contributed by atoms with E-state index in [9.17, 15) is 14.4 Å². The van der Waals surface area contributed by atoms with E-state index in [1.165, 1.54) is 20.8 Å². The van der Waals surface area contributed by atoms with Crippen LogP contribution in [-0.4, -0.2) is 75.4 Å². The summed E-state index contributed by atoms with van der Waals surface area (Å²) in [6.45, 7) is 6.94. The number of hydrogen-bond donors (Lipinski definition) is 2. The van der Waals surface area contributed by atoms with Crippen LogP contribution in [-0.2, 0) is 38.1 Å². The lowest BCUT2D eigenvalue weighted by molar-refractivity contribution is -0.261. The van der Waals surface area contributed by atoms with E-state index in [-0.39, 0.29) is 31.6 Å². The Morgan fingerprint density at radius 2 is 1.78 bits per heavy atom. The zero-order valence-electron chi connectivity index (χ0n) is 16.3. The number of hydrogen-bond acceptors (Lipinski definition) is 9. The van der Waals surface area contributed by atoms with E-state index in [4.69, 9.17) is 29.4 Å². The Morgan fingerprint density at radius 3 is 2.33 bits per heavy atom. The molecule has 0 aromatic heterocycles. The van der Waals surface area contributed by atoms with Gasteiger partial charge in [0.2, 0.25) is 5.91 Å². The molecule has 5 unspecified atom stereocenters. The van der Waals surface area contributed by atoms with Gasteiger partial charge in [-0.15, -0.1) is 0 Å². The van der Waals surface area contributed by atoms with Gasteiger partial charge in [-0.3, -0.25) is 14.4 Å². The molecule has 0 aromatic carbocycles. The molecular weight excluding hydrogens is 360 g/mol. The van der Waals surface area contributed by atoms with Gasteiger partial charge in [-0.1, -0.05) is 6.92 Å². The number of ether oxygens (including phenoxy) is 5. The Morgan fingerprint density at radius 1 is 1.07 bits per heavy atom. The molecule has 1 amide bonds. The number of carbonyl (C=O) groups is 3. The number of amides is 1. The summed E-state index contributed by atoms with van der Waals surface area (Å²) in [5, 5.41) is 2.72. The average molecular weight is 390 g/mol. The largest absolute Gasteiger partial charge is 0.463 e. The Hall–Kier alpha value is -1.75. The third-order valence-electron chi connectivity index (χ3n) is 3.96. The number of esters is 2. The summed E-state index contributed by atoms with van der Waals surface area (Å²) in [6, 6.07) is -0.718. The lowest BCUT2D eigenvalue weighted by Gasteiger charge is -2.44. The molecular formula is C17H30N2O8. The molecule has 1 aliphatic rings. The highest BCUT2D eigenvalue weighted by Gasteiger charge is 2.47. The van der Waals surface area contributed by atoms with Gasteiger partial charge >= 0.3 is 11.9 Å². The Labute approximate surface area is 159 Å². The highest BCUT2D eigenvalue weighted by atomic mass is 16.7. The third-order valence-corrected chi connectivity index (χ3v) is 3.96. The first-order valence-electron chi connectivity index (χ1n) is 8.88. The second-order valence-corrected chi connectivity index (χ2v) is 6.28. The highest BCUT2D eigenvalue weighted by molar-refractivity contribution is 5.73. The number of carbonyl (C=O) groups excluding carboxylic acids is 3. The van der Waals surface area contributed by atoms with E-state index in [0.717, 1.165) is 0 Å². The minimum Gasteiger partial charge on any atom is -0.463 e. The lowest BCUT2D eigenvalue weighted by Crippen LogP contribution is -2.63. The van der Waals surface area contributed by atoms with Crippen LogP contribution in [0.2, 0.25) is 0 Å². The summed E-state index contributed by atoms with van der Waals surface area (Å²) in [7, 11) is 0. The second kappa shape index (κ2) is 11.9. The van der Waals surface area contributed by atoms with Crippen LogP contribution in [0.5, 0.6) is 0 Å². The molecule has 10 heteroatoms. The number of nitrogens with two attached hydrogens (primary N) is 1. The molecule has 1 aliphatic heterocycles. The van der Waals surface area contributed by atoms with E-state index in [0.29, 0.717) is 13.2 Å². The van der Waals surface area contributed by atoms with E-state index >= 15 is 0 Å². The standard InChI is InChI=1S/C17H30N2O8/c1-10-14(9-25-12(3)21)27-17(24-8-7-23-6-5-18)15(19-11(2)20)16(10)26-13(4)22/h10,14-17H,5-9,18H2,1-4H3,(H,19,20). The molecule has 0 saturated carbocycles. The number of nitrogens with one attached hydrogen (secondary N) is 1. The van der Waals surface area contributed by atoms with Crippen LogP contribution in [0.1, 0.15) is 27.7 Å². The van der Waals surface area contributed by atoms with Gasteiger partial charge in [-0.05, 0) is 0 Å². The molecule has 0 radical (unpaired) electrons. The molecule has 1 heterocycles. The van der Waals surface area contributed by atoms with Crippen molar-refractivity contribution in [3.8, 4) is 0 Å². The SMILES string of the molecule is CC(=O)NC1C(OCCOCCN)OC(COC(C)=O)C(C)C1OC(C)=O. The van der Waals surface area contributed by atoms with Crippen molar-refractivity contribution in [1.82, 2.24) is 5.32 Å². The van der Waals surface area contributed by atoms with E-state index in [1.807, 2.05) is 0 Å². The highest BCUT2D eigenvalue weighted by Crippen LogP contribution is 2.29. The van der Waals surface area contributed by atoms with Crippen LogP contribution in [0, 0.1) is 5.92 Å². The quantitative estimate of drug-likeness (QED) is 0.368. The second-order valence-electron chi connectivity index (χ2n) is 6.28. The van der Waals surface area contributed by atoms with Crippen LogP contribution >= 0.6 is 0 Å². The average Bonchev–Trinajstić information content (AvgIpc) is 2.57. The fourth-order valence-electron chi connectivity index (χ4n) is 2.77. The normalized spacial score (nSPS) is 27.7. The van der Waals surface area contributed by atoms with Gasteiger partial charge in [0.05, 0.1) is 19.8 Å².